The summed E-state index contributed by atoms with van der Waals surface area (Å²) < 4.78 is 11.1. The molecule has 2 saturated heterocycles. The van der Waals surface area contributed by atoms with Crippen molar-refractivity contribution in [3.63, 3.8) is 0 Å². The molecule has 2 fully saturated rings. The first kappa shape index (κ1) is 11.8. The molecule has 4 nitrogen and oxygen atoms in total. The van der Waals surface area contributed by atoms with Crippen molar-refractivity contribution in [2.45, 2.75) is 44.4 Å². The van der Waals surface area contributed by atoms with Gasteiger partial charge in [0.05, 0.1) is 31.5 Å². The normalized spacial score (nSPS) is 41.6. The van der Waals surface area contributed by atoms with Gasteiger partial charge in [-0.15, -0.1) is 0 Å². The van der Waals surface area contributed by atoms with Crippen molar-refractivity contribution in [2.75, 3.05) is 26.3 Å². The number of nitrogens with zero attached hydrogens (tertiary/aromatic N) is 2. The molecule has 0 spiro atoms. The van der Waals surface area contributed by atoms with E-state index < -0.39 is 0 Å². The molecule has 0 aromatic rings. The summed E-state index contributed by atoms with van der Waals surface area (Å²) in [5.74, 6) is 0. The summed E-state index contributed by atoms with van der Waals surface area (Å²) in [6.07, 6.45) is 1.97. The fourth-order valence-electron chi connectivity index (χ4n) is 2.94. The summed E-state index contributed by atoms with van der Waals surface area (Å²) in [6.45, 7) is 7.34. The van der Waals surface area contributed by atoms with E-state index >= 15 is 0 Å². The van der Waals surface area contributed by atoms with Crippen molar-refractivity contribution < 1.29 is 9.47 Å². The van der Waals surface area contributed by atoms with E-state index in [4.69, 9.17) is 9.47 Å². The van der Waals surface area contributed by atoms with E-state index in [0.29, 0.717) is 0 Å². The van der Waals surface area contributed by atoms with Crippen molar-refractivity contribution in [1.29, 1.82) is 5.26 Å². The molecule has 0 bridgehead atoms. The quantitative estimate of drug-likeness (QED) is 0.670. The van der Waals surface area contributed by atoms with Crippen LogP contribution in [0.15, 0.2) is 0 Å². The Morgan fingerprint density at radius 3 is 2.25 bits per heavy atom. The highest BCUT2D eigenvalue weighted by Gasteiger charge is 2.44. The predicted molar refractivity (Wildman–Crippen MR) is 60.0 cm³/mol. The topological polar surface area (TPSA) is 45.5 Å². The molecule has 0 aromatic heterocycles. The Morgan fingerprint density at radius 1 is 1.19 bits per heavy atom. The van der Waals surface area contributed by atoms with Crippen LogP contribution in [0, 0.1) is 11.3 Å². The lowest BCUT2D eigenvalue weighted by molar-refractivity contribution is -0.104. The van der Waals surface area contributed by atoms with Crippen LogP contribution in [0.3, 0.4) is 0 Å². The summed E-state index contributed by atoms with van der Waals surface area (Å²) in [7, 11) is 0. The van der Waals surface area contributed by atoms with Gasteiger partial charge in [-0.1, -0.05) is 0 Å². The van der Waals surface area contributed by atoms with Gasteiger partial charge in [-0.25, -0.2) is 0 Å². The first-order chi connectivity index (χ1) is 7.66. The zero-order valence-corrected chi connectivity index (χ0v) is 10.1. The second kappa shape index (κ2) is 4.70. The first-order valence-corrected chi connectivity index (χ1v) is 6.06. The van der Waals surface area contributed by atoms with E-state index in [2.05, 4.69) is 24.8 Å². The lowest BCUT2D eigenvalue weighted by atomic mass is 9.83. The van der Waals surface area contributed by atoms with Crippen LogP contribution in [-0.4, -0.2) is 49.0 Å². The maximum atomic E-state index is 9.54. The standard InChI is InChI=1S/C12H20N2O2/c1-10-7-12(9-13,8-11(2)16-10)14-3-5-15-6-4-14/h10-11H,3-8H2,1-2H3/t10-,11?,12?/m0/s1. The molecule has 0 aliphatic carbocycles. The zero-order chi connectivity index (χ0) is 11.6. The highest BCUT2D eigenvalue weighted by molar-refractivity contribution is 5.12. The summed E-state index contributed by atoms with van der Waals surface area (Å²) in [4.78, 5) is 2.28. The monoisotopic (exact) mass is 224 g/mol. The van der Waals surface area contributed by atoms with Gasteiger partial charge < -0.3 is 9.47 Å². The zero-order valence-electron chi connectivity index (χ0n) is 10.1. The SMILES string of the molecule is CC1CC(C#N)(N2CCOCC2)C[C@H](C)O1. The van der Waals surface area contributed by atoms with E-state index in [1.54, 1.807) is 0 Å². The fraction of sp³-hybridized carbons (Fsp3) is 0.917. The molecule has 2 unspecified atom stereocenters. The molecule has 16 heavy (non-hydrogen) atoms. The second-order valence-corrected chi connectivity index (χ2v) is 4.91. The Hall–Kier alpha value is -0.630. The number of nitriles is 1. The van der Waals surface area contributed by atoms with Gasteiger partial charge in [-0.3, -0.25) is 4.90 Å². The Kier molecular flexibility index (Phi) is 3.48. The van der Waals surface area contributed by atoms with E-state index in [9.17, 15) is 5.26 Å². The highest BCUT2D eigenvalue weighted by Crippen LogP contribution is 2.34. The summed E-state index contributed by atoms with van der Waals surface area (Å²) in [5, 5.41) is 9.54. The number of hydrogen-bond acceptors (Lipinski definition) is 4. The van der Waals surface area contributed by atoms with Gasteiger partial charge in [-0.05, 0) is 13.8 Å². The number of rotatable bonds is 1. The lowest BCUT2D eigenvalue weighted by Gasteiger charge is -2.46. The smallest absolute Gasteiger partial charge is 0.114 e. The molecule has 90 valence electrons. The molecule has 0 N–H and O–H groups in total. The Bertz CT molecular complexity index is 271. The average Bonchev–Trinajstić information content (AvgIpc) is 2.29. The van der Waals surface area contributed by atoms with Gasteiger partial charge >= 0.3 is 0 Å². The van der Waals surface area contributed by atoms with E-state index in [1.165, 1.54) is 0 Å². The molecule has 2 rings (SSSR count). The molecule has 2 aliphatic rings. The molecule has 2 aliphatic heterocycles. The number of hydrogen-bond donors (Lipinski definition) is 0. The summed E-state index contributed by atoms with van der Waals surface area (Å²) >= 11 is 0. The van der Waals surface area contributed by atoms with Gasteiger partial charge in [0.1, 0.15) is 5.54 Å². The molecular formula is C12H20N2O2. The van der Waals surface area contributed by atoms with Gasteiger partial charge in [0, 0.05) is 25.9 Å². The minimum atomic E-state index is -0.332. The van der Waals surface area contributed by atoms with E-state index in [1.807, 2.05) is 0 Å². The largest absolute Gasteiger partial charge is 0.379 e. The first-order valence-electron chi connectivity index (χ1n) is 6.06. The molecule has 0 amide bonds. The lowest BCUT2D eigenvalue weighted by Crippen LogP contribution is -2.57. The van der Waals surface area contributed by atoms with Crippen molar-refractivity contribution in [1.82, 2.24) is 4.90 Å². The van der Waals surface area contributed by atoms with Crippen LogP contribution in [-0.2, 0) is 9.47 Å². The second-order valence-electron chi connectivity index (χ2n) is 4.91. The van der Waals surface area contributed by atoms with E-state index in [0.717, 1.165) is 39.1 Å². The van der Waals surface area contributed by atoms with Crippen LogP contribution in [0.4, 0.5) is 0 Å². The van der Waals surface area contributed by atoms with Gasteiger partial charge in [-0.2, -0.15) is 5.26 Å². The van der Waals surface area contributed by atoms with Crippen molar-refractivity contribution in [3.05, 3.63) is 0 Å². The van der Waals surface area contributed by atoms with Crippen LogP contribution in [0.2, 0.25) is 0 Å². The van der Waals surface area contributed by atoms with Crippen molar-refractivity contribution >= 4 is 0 Å². The molecular weight excluding hydrogens is 204 g/mol. The number of morpholine rings is 1. The summed E-state index contributed by atoms with van der Waals surface area (Å²) in [6, 6.07) is 2.54. The fourth-order valence-corrected chi connectivity index (χ4v) is 2.94. The molecule has 4 heteroatoms. The van der Waals surface area contributed by atoms with Gasteiger partial charge in [0.15, 0.2) is 0 Å². The van der Waals surface area contributed by atoms with Gasteiger partial charge in [0.25, 0.3) is 0 Å². The molecule has 0 aromatic carbocycles. The predicted octanol–water partition coefficient (Wildman–Crippen LogP) is 1.17. The highest BCUT2D eigenvalue weighted by atomic mass is 16.5. The Labute approximate surface area is 97.1 Å². The van der Waals surface area contributed by atoms with Crippen molar-refractivity contribution in [2.24, 2.45) is 0 Å². The minimum absolute atomic E-state index is 0.172. The molecule has 0 radical (unpaired) electrons. The van der Waals surface area contributed by atoms with Crippen LogP contribution in [0.5, 0.6) is 0 Å². The summed E-state index contributed by atoms with van der Waals surface area (Å²) in [5.41, 5.74) is -0.332. The van der Waals surface area contributed by atoms with Crippen LogP contribution < -0.4 is 0 Å². The molecule has 0 saturated carbocycles. The molecule has 2 heterocycles. The van der Waals surface area contributed by atoms with Crippen molar-refractivity contribution in [3.8, 4) is 6.07 Å². The molecule has 3 atom stereocenters. The Morgan fingerprint density at radius 2 is 1.75 bits per heavy atom. The minimum Gasteiger partial charge on any atom is -0.379 e. The number of ether oxygens (including phenoxy) is 2. The third-order valence-corrected chi connectivity index (χ3v) is 3.54. The average molecular weight is 224 g/mol. The van der Waals surface area contributed by atoms with E-state index in [-0.39, 0.29) is 17.7 Å². The third-order valence-electron chi connectivity index (χ3n) is 3.54. The van der Waals surface area contributed by atoms with Crippen LogP contribution in [0.1, 0.15) is 26.7 Å². The maximum Gasteiger partial charge on any atom is 0.114 e. The Balaban J connectivity index is 2.14. The maximum absolute atomic E-state index is 9.54. The van der Waals surface area contributed by atoms with Gasteiger partial charge in [0.2, 0.25) is 0 Å². The van der Waals surface area contributed by atoms with Crippen LogP contribution in [0.25, 0.3) is 0 Å². The third kappa shape index (κ3) is 2.22. The van der Waals surface area contributed by atoms with Crippen LogP contribution >= 0.6 is 0 Å².